The lowest BCUT2D eigenvalue weighted by Gasteiger charge is -2.16. The summed E-state index contributed by atoms with van der Waals surface area (Å²) in [6.07, 6.45) is 1.71. The molecule has 1 aromatic heterocycles. The van der Waals surface area contributed by atoms with Crippen LogP contribution in [0.25, 0.3) is 11.6 Å². The highest BCUT2D eigenvalue weighted by Crippen LogP contribution is 2.35. The maximum absolute atomic E-state index is 12.9. The number of fused-ring (bicyclic) bond motifs is 1. The molecule has 150 valence electrons. The van der Waals surface area contributed by atoms with E-state index in [4.69, 9.17) is 0 Å². The van der Waals surface area contributed by atoms with Gasteiger partial charge in [0.15, 0.2) is 0 Å². The van der Waals surface area contributed by atoms with E-state index < -0.39 is 12.1 Å². The average molecular weight is 395 g/mol. The van der Waals surface area contributed by atoms with Gasteiger partial charge in [-0.15, -0.1) is 0 Å². The Labute approximate surface area is 166 Å². The second-order valence-corrected chi connectivity index (χ2v) is 7.43. The molecule has 0 spiro atoms. The maximum atomic E-state index is 12.9. The number of aromatic amines is 1. The number of rotatable bonds is 3. The van der Waals surface area contributed by atoms with Crippen molar-refractivity contribution in [2.75, 3.05) is 18.4 Å². The molecule has 4 rings (SSSR count). The fourth-order valence-electron chi connectivity index (χ4n) is 3.93. The molecule has 4 N–H and O–H groups in total. The zero-order chi connectivity index (χ0) is 20.9. The van der Waals surface area contributed by atoms with Crippen LogP contribution < -0.4 is 5.32 Å². The number of aromatic carboxylic acids is 1. The molecule has 8 nitrogen and oxygen atoms in total. The first-order valence-electron chi connectivity index (χ1n) is 9.33. The molecule has 0 bridgehead atoms. The topological polar surface area (TPSA) is 123 Å². The maximum Gasteiger partial charge on any atom is 0.335 e. The van der Waals surface area contributed by atoms with Gasteiger partial charge in [0.1, 0.15) is 0 Å². The number of β-amino-alcohol motifs (C(OH)–C–C–N with tert-alkyl or cyclic N) is 1. The highest BCUT2D eigenvalue weighted by Gasteiger charge is 2.30. The number of anilines is 1. The normalized spacial score (nSPS) is 19.6. The predicted octanol–water partition coefficient (Wildman–Crippen LogP) is 2.03. The number of benzene rings is 1. The van der Waals surface area contributed by atoms with Gasteiger partial charge in [-0.05, 0) is 50.1 Å². The van der Waals surface area contributed by atoms with Gasteiger partial charge >= 0.3 is 5.97 Å². The molecule has 0 aliphatic carbocycles. The molecule has 0 radical (unpaired) electrons. The second-order valence-electron chi connectivity index (χ2n) is 7.43. The number of hydrogen-bond donors (Lipinski definition) is 4. The van der Waals surface area contributed by atoms with E-state index in [1.54, 1.807) is 30.9 Å². The zero-order valence-corrected chi connectivity index (χ0v) is 16.1. The highest BCUT2D eigenvalue weighted by atomic mass is 16.4. The van der Waals surface area contributed by atoms with Gasteiger partial charge in [-0.25, -0.2) is 4.79 Å². The fourth-order valence-corrected chi connectivity index (χ4v) is 3.93. The Kier molecular flexibility index (Phi) is 4.50. The van der Waals surface area contributed by atoms with Crippen LogP contribution in [0.3, 0.4) is 0 Å². The summed E-state index contributed by atoms with van der Waals surface area (Å²) < 4.78 is 0. The number of aliphatic hydroxyl groups is 1. The first-order chi connectivity index (χ1) is 13.8. The molecular weight excluding hydrogens is 374 g/mol. The van der Waals surface area contributed by atoms with Crippen LogP contribution in [0.4, 0.5) is 5.69 Å². The summed E-state index contributed by atoms with van der Waals surface area (Å²) >= 11 is 0. The van der Waals surface area contributed by atoms with Crippen LogP contribution in [-0.4, -0.2) is 57.1 Å². The zero-order valence-electron chi connectivity index (χ0n) is 16.1. The van der Waals surface area contributed by atoms with Gasteiger partial charge in [0, 0.05) is 35.7 Å². The summed E-state index contributed by atoms with van der Waals surface area (Å²) in [4.78, 5) is 41.4. The number of hydrogen-bond acceptors (Lipinski definition) is 4. The monoisotopic (exact) mass is 395 g/mol. The number of carboxylic acid groups (broad SMARTS) is 1. The Bertz CT molecular complexity index is 1080. The number of nitrogens with zero attached hydrogens (tertiary/aromatic N) is 1. The molecule has 1 saturated heterocycles. The highest BCUT2D eigenvalue weighted by molar-refractivity contribution is 6.35. The number of carbonyl (C=O) groups is 3. The van der Waals surface area contributed by atoms with Gasteiger partial charge in [0.25, 0.3) is 11.8 Å². The first-order valence-corrected chi connectivity index (χ1v) is 9.33. The van der Waals surface area contributed by atoms with E-state index in [0.717, 1.165) is 0 Å². The summed E-state index contributed by atoms with van der Waals surface area (Å²) in [5.41, 5.74) is 4.02. The van der Waals surface area contributed by atoms with Crippen LogP contribution >= 0.6 is 0 Å². The molecule has 8 heteroatoms. The number of H-pyrrole nitrogens is 1. The minimum Gasteiger partial charge on any atom is -0.478 e. The number of carboxylic acids is 1. The number of aryl methyl sites for hydroxylation is 1. The number of nitrogens with one attached hydrogen (secondary N) is 2. The molecule has 1 atom stereocenters. The molecule has 2 aromatic rings. The van der Waals surface area contributed by atoms with Crippen molar-refractivity contribution in [1.82, 2.24) is 9.88 Å². The molecular formula is C21H21N3O5. The van der Waals surface area contributed by atoms with Crippen LogP contribution in [-0.2, 0) is 4.79 Å². The summed E-state index contributed by atoms with van der Waals surface area (Å²) in [6, 6.07) is 4.47. The summed E-state index contributed by atoms with van der Waals surface area (Å²) in [7, 11) is 0. The van der Waals surface area contributed by atoms with Crippen LogP contribution in [0.1, 0.15) is 49.7 Å². The molecule has 1 fully saturated rings. The summed E-state index contributed by atoms with van der Waals surface area (Å²) in [6.45, 7) is 4.41. The van der Waals surface area contributed by atoms with E-state index in [0.29, 0.717) is 58.8 Å². The SMILES string of the molecule is Cc1[nH]c(C=C2C(=O)Nc3ccc(C(=O)O)cc32)c(C)c1C(=O)N1CC[C@@H](O)C1. The third kappa shape index (κ3) is 3.21. The number of aromatic nitrogens is 1. The third-order valence-corrected chi connectivity index (χ3v) is 5.48. The van der Waals surface area contributed by atoms with Crippen molar-refractivity contribution >= 4 is 35.1 Å². The predicted molar refractivity (Wildman–Crippen MR) is 107 cm³/mol. The molecule has 2 amide bonds. The third-order valence-electron chi connectivity index (χ3n) is 5.48. The van der Waals surface area contributed by atoms with E-state index in [1.807, 2.05) is 0 Å². The van der Waals surface area contributed by atoms with E-state index in [9.17, 15) is 24.6 Å². The van der Waals surface area contributed by atoms with E-state index in [1.165, 1.54) is 12.1 Å². The van der Waals surface area contributed by atoms with Crippen molar-refractivity contribution in [2.45, 2.75) is 26.4 Å². The van der Waals surface area contributed by atoms with E-state index in [-0.39, 0.29) is 17.4 Å². The molecule has 3 heterocycles. The Hall–Kier alpha value is -3.39. The quantitative estimate of drug-likeness (QED) is 0.592. The van der Waals surface area contributed by atoms with Crippen molar-refractivity contribution in [3.05, 3.63) is 51.8 Å². The van der Waals surface area contributed by atoms with Crippen LogP contribution in [0, 0.1) is 13.8 Å². The number of aliphatic hydroxyl groups excluding tert-OH is 1. The molecule has 0 saturated carbocycles. The fraction of sp³-hybridized carbons (Fsp3) is 0.286. The van der Waals surface area contributed by atoms with Crippen molar-refractivity contribution in [3.8, 4) is 0 Å². The summed E-state index contributed by atoms with van der Waals surface area (Å²) in [5, 5.41) is 21.7. The van der Waals surface area contributed by atoms with Crippen molar-refractivity contribution in [3.63, 3.8) is 0 Å². The molecule has 0 unspecified atom stereocenters. The minimum absolute atomic E-state index is 0.0917. The lowest BCUT2D eigenvalue weighted by atomic mass is 10.0. The number of amides is 2. The average Bonchev–Trinajstić information content (AvgIpc) is 3.31. The molecule has 29 heavy (non-hydrogen) atoms. The van der Waals surface area contributed by atoms with Crippen LogP contribution in [0.15, 0.2) is 18.2 Å². The van der Waals surface area contributed by atoms with Crippen molar-refractivity contribution in [1.29, 1.82) is 0 Å². The molecule has 2 aliphatic rings. The Morgan fingerprint density at radius 1 is 1.28 bits per heavy atom. The van der Waals surface area contributed by atoms with Gasteiger partial charge in [-0.3, -0.25) is 9.59 Å². The van der Waals surface area contributed by atoms with E-state index >= 15 is 0 Å². The minimum atomic E-state index is -1.07. The van der Waals surface area contributed by atoms with Gasteiger partial charge in [0.05, 0.1) is 22.8 Å². The van der Waals surface area contributed by atoms with Gasteiger partial charge in [0.2, 0.25) is 0 Å². The van der Waals surface area contributed by atoms with Gasteiger partial charge in [-0.2, -0.15) is 0 Å². The standard InChI is InChI=1S/C21H21N3O5/c1-10-17(22-11(2)18(10)20(27)24-6-5-13(25)9-24)8-15-14-7-12(21(28)29)3-4-16(14)23-19(15)26/h3-4,7-8,13,22,25H,5-6,9H2,1-2H3,(H,23,26)(H,28,29)/t13-/m1/s1. The summed E-state index contributed by atoms with van der Waals surface area (Å²) in [5.74, 6) is -1.55. The number of likely N-dealkylation sites (tertiary alicyclic amines) is 1. The smallest absolute Gasteiger partial charge is 0.335 e. The Morgan fingerprint density at radius 2 is 2.03 bits per heavy atom. The van der Waals surface area contributed by atoms with Crippen LogP contribution in [0.2, 0.25) is 0 Å². The van der Waals surface area contributed by atoms with E-state index in [2.05, 4.69) is 10.3 Å². The molecule has 1 aromatic carbocycles. The van der Waals surface area contributed by atoms with Gasteiger partial charge in [-0.1, -0.05) is 0 Å². The Morgan fingerprint density at radius 3 is 2.69 bits per heavy atom. The van der Waals surface area contributed by atoms with Crippen LogP contribution in [0.5, 0.6) is 0 Å². The lowest BCUT2D eigenvalue weighted by molar-refractivity contribution is -0.110. The largest absolute Gasteiger partial charge is 0.478 e. The van der Waals surface area contributed by atoms with Crippen molar-refractivity contribution < 1.29 is 24.6 Å². The van der Waals surface area contributed by atoms with Gasteiger partial charge < -0.3 is 25.4 Å². The lowest BCUT2D eigenvalue weighted by Crippen LogP contribution is -2.30. The first kappa shape index (κ1) is 18.9. The second kappa shape index (κ2) is 6.89. The number of carbonyl (C=O) groups excluding carboxylic acids is 2. The molecule has 2 aliphatic heterocycles. The van der Waals surface area contributed by atoms with Crippen molar-refractivity contribution in [2.24, 2.45) is 0 Å². The Balaban J connectivity index is 1.73.